The smallest absolute Gasteiger partial charge is 0.246 e. The van der Waals surface area contributed by atoms with Crippen LogP contribution in [0.3, 0.4) is 0 Å². The minimum atomic E-state index is -0.212. The zero-order chi connectivity index (χ0) is 19.4. The van der Waals surface area contributed by atoms with Crippen LogP contribution in [0.5, 0.6) is 0 Å². The van der Waals surface area contributed by atoms with Gasteiger partial charge in [0.25, 0.3) is 0 Å². The number of carbonyl (C=O) groups excluding carboxylic acids is 1. The van der Waals surface area contributed by atoms with Crippen LogP contribution in [0, 0.1) is 12.7 Å². The summed E-state index contributed by atoms with van der Waals surface area (Å²) in [5.74, 6) is -0.160. The van der Waals surface area contributed by atoms with Gasteiger partial charge < -0.3 is 4.90 Å². The van der Waals surface area contributed by atoms with Crippen molar-refractivity contribution >= 4 is 12.0 Å². The molecule has 27 heavy (non-hydrogen) atoms. The highest BCUT2D eigenvalue weighted by molar-refractivity contribution is 5.92. The summed E-state index contributed by atoms with van der Waals surface area (Å²) in [6.07, 6.45) is 3.55. The predicted octanol–water partition coefficient (Wildman–Crippen LogP) is 4.27. The molecule has 3 nitrogen and oxygen atoms in total. The number of nitrogens with zero attached hydrogens (tertiary/aromatic N) is 2. The van der Waals surface area contributed by atoms with E-state index >= 15 is 0 Å². The molecule has 0 aliphatic carbocycles. The normalized spacial score (nSPS) is 21.0. The Bertz CT molecular complexity index is 798. The highest BCUT2D eigenvalue weighted by atomic mass is 19.1. The second-order valence-electron chi connectivity index (χ2n) is 7.49. The van der Waals surface area contributed by atoms with E-state index in [1.54, 1.807) is 6.08 Å². The van der Waals surface area contributed by atoms with E-state index in [2.05, 4.69) is 18.7 Å². The number of halogens is 1. The molecule has 4 heteroatoms. The molecule has 0 aromatic heterocycles. The summed E-state index contributed by atoms with van der Waals surface area (Å²) in [6, 6.07) is 15.2. The van der Waals surface area contributed by atoms with Crippen molar-refractivity contribution in [2.24, 2.45) is 0 Å². The van der Waals surface area contributed by atoms with Gasteiger partial charge in [0.05, 0.1) is 0 Å². The molecule has 0 spiro atoms. The van der Waals surface area contributed by atoms with Crippen molar-refractivity contribution in [3.63, 3.8) is 0 Å². The highest BCUT2D eigenvalue weighted by Crippen LogP contribution is 2.19. The van der Waals surface area contributed by atoms with Gasteiger partial charge in [0.2, 0.25) is 5.91 Å². The summed E-state index contributed by atoms with van der Waals surface area (Å²) in [4.78, 5) is 17.0. The molecule has 1 amide bonds. The largest absolute Gasteiger partial charge is 0.334 e. The Morgan fingerprint density at radius 3 is 2.37 bits per heavy atom. The van der Waals surface area contributed by atoms with Crippen molar-refractivity contribution in [3.05, 3.63) is 77.1 Å². The molecule has 0 radical (unpaired) electrons. The third-order valence-corrected chi connectivity index (χ3v) is 5.19. The van der Waals surface area contributed by atoms with Crippen molar-refractivity contribution in [3.8, 4) is 0 Å². The van der Waals surface area contributed by atoms with Crippen molar-refractivity contribution in [2.45, 2.75) is 39.4 Å². The SMILES string of the molecule is Cc1ccc(/C=C/C(=O)N2CC(C)N(Cc3ccc(F)cc3)CC2C)cc1. The summed E-state index contributed by atoms with van der Waals surface area (Å²) in [6.45, 7) is 8.54. The quantitative estimate of drug-likeness (QED) is 0.755. The molecule has 1 fully saturated rings. The van der Waals surface area contributed by atoms with Gasteiger partial charge in [-0.15, -0.1) is 0 Å². The minimum absolute atomic E-state index is 0.0522. The molecule has 3 rings (SSSR count). The van der Waals surface area contributed by atoms with Gasteiger partial charge in [0.15, 0.2) is 0 Å². The maximum Gasteiger partial charge on any atom is 0.246 e. The molecule has 2 aromatic carbocycles. The molecule has 2 atom stereocenters. The standard InChI is InChI=1S/C23H27FN2O/c1-17-4-6-20(7-5-17)10-13-23(27)26-15-18(2)25(14-19(26)3)16-21-8-11-22(24)12-9-21/h4-13,18-19H,14-16H2,1-3H3/b13-10+. The van der Waals surface area contributed by atoms with Crippen LogP contribution >= 0.6 is 0 Å². The lowest BCUT2D eigenvalue weighted by atomic mass is 10.1. The van der Waals surface area contributed by atoms with E-state index in [4.69, 9.17) is 0 Å². The first kappa shape index (κ1) is 19.3. The van der Waals surface area contributed by atoms with Crippen LogP contribution in [0.1, 0.15) is 30.5 Å². The molecule has 1 saturated heterocycles. The first-order valence-corrected chi connectivity index (χ1v) is 9.46. The van der Waals surface area contributed by atoms with E-state index in [-0.39, 0.29) is 23.8 Å². The number of amides is 1. The van der Waals surface area contributed by atoms with Crippen LogP contribution in [-0.2, 0) is 11.3 Å². The molecule has 2 unspecified atom stereocenters. The summed E-state index contributed by atoms with van der Waals surface area (Å²) < 4.78 is 13.1. The van der Waals surface area contributed by atoms with Crippen LogP contribution in [0.25, 0.3) is 6.08 Å². The number of hydrogen-bond acceptors (Lipinski definition) is 2. The molecule has 0 bridgehead atoms. The molecular formula is C23H27FN2O. The lowest BCUT2D eigenvalue weighted by molar-refractivity contribution is -0.131. The molecule has 1 heterocycles. The fourth-order valence-electron chi connectivity index (χ4n) is 3.49. The Kier molecular flexibility index (Phi) is 6.07. The number of carbonyl (C=O) groups is 1. The maximum absolute atomic E-state index is 13.1. The summed E-state index contributed by atoms with van der Waals surface area (Å²) in [5.41, 5.74) is 3.33. The molecule has 0 N–H and O–H groups in total. The first-order valence-electron chi connectivity index (χ1n) is 9.46. The molecule has 2 aromatic rings. The maximum atomic E-state index is 13.1. The van der Waals surface area contributed by atoms with Crippen molar-refractivity contribution in [1.82, 2.24) is 9.80 Å². The third-order valence-electron chi connectivity index (χ3n) is 5.19. The van der Waals surface area contributed by atoms with Gasteiger partial charge in [-0.2, -0.15) is 0 Å². The lowest BCUT2D eigenvalue weighted by Crippen LogP contribution is -2.57. The third kappa shape index (κ3) is 5.04. The van der Waals surface area contributed by atoms with E-state index < -0.39 is 0 Å². The van der Waals surface area contributed by atoms with Gasteiger partial charge in [-0.25, -0.2) is 4.39 Å². The molecule has 142 valence electrons. The number of rotatable bonds is 4. The Hall–Kier alpha value is -2.46. The Morgan fingerprint density at radius 2 is 1.70 bits per heavy atom. The monoisotopic (exact) mass is 366 g/mol. The number of piperazine rings is 1. The van der Waals surface area contributed by atoms with E-state index in [9.17, 15) is 9.18 Å². The van der Waals surface area contributed by atoms with Gasteiger partial charge in [-0.05, 0) is 50.1 Å². The number of hydrogen-bond donors (Lipinski definition) is 0. The van der Waals surface area contributed by atoms with Crippen molar-refractivity contribution < 1.29 is 9.18 Å². The zero-order valence-electron chi connectivity index (χ0n) is 16.2. The molecule has 0 saturated carbocycles. The van der Waals surface area contributed by atoms with Crippen LogP contribution in [0.4, 0.5) is 4.39 Å². The van der Waals surface area contributed by atoms with Crippen molar-refractivity contribution in [1.29, 1.82) is 0 Å². The van der Waals surface area contributed by atoms with E-state index in [0.29, 0.717) is 6.54 Å². The Labute approximate surface area is 161 Å². The molecular weight excluding hydrogens is 339 g/mol. The number of aryl methyl sites for hydroxylation is 1. The van der Waals surface area contributed by atoms with Gasteiger partial charge in [-0.3, -0.25) is 9.69 Å². The van der Waals surface area contributed by atoms with Gasteiger partial charge >= 0.3 is 0 Å². The number of benzene rings is 2. The highest BCUT2D eigenvalue weighted by Gasteiger charge is 2.30. The van der Waals surface area contributed by atoms with Crippen LogP contribution < -0.4 is 0 Å². The lowest BCUT2D eigenvalue weighted by Gasteiger charge is -2.44. The topological polar surface area (TPSA) is 23.6 Å². The molecule has 1 aliphatic heterocycles. The first-order chi connectivity index (χ1) is 12.9. The second-order valence-corrected chi connectivity index (χ2v) is 7.49. The van der Waals surface area contributed by atoms with Gasteiger partial charge in [-0.1, -0.05) is 42.0 Å². The van der Waals surface area contributed by atoms with Gasteiger partial charge in [0.1, 0.15) is 5.82 Å². The Morgan fingerprint density at radius 1 is 1.04 bits per heavy atom. The van der Waals surface area contributed by atoms with E-state index in [1.807, 2.05) is 54.3 Å². The molecule has 1 aliphatic rings. The van der Waals surface area contributed by atoms with Gasteiger partial charge in [0, 0.05) is 37.8 Å². The zero-order valence-corrected chi connectivity index (χ0v) is 16.2. The van der Waals surface area contributed by atoms with E-state index in [0.717, 1.165) is 24.2 Å². The fourth-order valence-corrected chi connectivity index (χ4v) is 3.49. The predicted molar refractivity (Wildman–Crippen MR) is 108 cm³/mol. The average Bonchev–Trinajstić information content (AvgIpc) is 2.65. The fraction of sp³-hybridized carbons (Fsp3) is 0.348. The second kappa shape index (κ2) is 8.49. The minimum Gasteiger partial charge on any atom is -0.334 e. The summed E-state index contributed by atoms with van der Waals surface area (Å²) >= 11 is 0. The summed E-state index contributed by atoms with van der Waals surface area (Å²) in [5, 5.41) is 0. The van der Waals surface area contributed by atoms with Crippen molar-refractivity contribution in [2.75, 3.05) is 13.1 Å². The summed E-state index contributed by atoms with van der Waals surface area (Å²) in [7, 11) is 0. The average molecular weight is 366 g/mol. The Balaban J connectivity index is 1.61. The van der Waals surface area contributed by atoms with Crippen LogP contribution in [0.2, 0.25) is 0 Å². The van der Waals surface area contributed by atoms with E-state index in [1.165, 1.54) is 17.7 Å². The van der Waals surface area contributed by atoms with Crippen LogP contribution in [-0.4, -0.2) is 40.9 Å². The van der Waals surface area contributed by atoms with Crippen LogP contribution in [0.15, 0.2) is 54.6 Å².